The Morgan fingerprint density at radius 3 is 2.47 bits per heavy atom. The minimum absolute atomic E-state index is 0.183. The average Bonchev–Trinajstić information content (AvgIpc) is 3.15. The van der Waals surface area contributed by atoms with Gasteiger partial charge in [0.05, 0.1) is 14.2 Å². The molecule has 0 radical (unpaired) electrons. The van der Waals surface area contributed by atoms with E-state index in [1.165, 1.54) is 22.1 Å². The van der Waals surface area contributed by atoms with Crippen LogP contribution >= 0.6 is 0 Å². The third-order valence-electron chi connectivity index (χ3n) is 8.15. The summed E-state index contributed by atoms with van der Waals surface area (Å²) in [6, 6.07) is 6.68. The second kappa shape index (κ2) is 8.16. The Labute approximate surface area is 204 Å². The standard InChI is InChI=1S/C27H39N3O3Si/c1-27(2,3)33-26(32)30-13-11-29(12-14-30)19-7-8-20-23(16-19)34(5,6)24-17-22-18(9-10-28(22)4)15-21(24)25(20)31/h7-8,15-17,21,24-25,31H,9-14H2,1-6H3. The van der Waals surface area contributed by atoms with Gasteiger partial charge in [0.25, 0.3) is 0 Å². The maximum atomic E-state index is 12.5. The van der Waals surface area contributed by atoms with Crippen molar-refractivity contribution in [2.24, 2.45) is 5.92 Å². The number of rotatable bonds is 1. The average molecular weight is 482 g/mol. The molecule has 2 saturated heterocycles. The molecule has 3 aliphatic heterocycles. The molecule has 0 saturated carbocycles. The number of benzene rings is 1. The zero-order valence-corrected chi connectivity index (χ0v) is 22.5. The molecule has 3 heterocycles. The molecule has 1 amide bonds. The van der Waals surface area contributed by atoms with Gasteiger partial charge in [0.2, 0.25) is 0 Å². The number of likely N-dealkylation sites (tertiary alicyclic amines) is 1. The number of aliphatic hydroxyl groups is 1. The first-order valence-corrected chi connectivity index (χ1v) is 15.7. The largest absolute Gasteiger partial charge is 0.444 e. The van der Waals surface area contributed by atoms with E-state index >= 15 is 0 Å². The van der Waals surface area contributed by atoms with Gasteiger partial charge in [0.1, 0.15) is 5.60 Å². The van der Waals surface area contributed by atoms with Crippen LogP contribution in [0.4, 0.5) is 10.5 Å². The lowest BCUT2D eigenvalue weighted by atomic mass is 9.85. The first-order valence-electron chi connectivity index (χ1n) is 12.6. The second-order valence-corrected chi connectivity index (χ2v) is 16.6. The molecule has 0 spiro atoms. The number of hydrogen-bond acceptors (Lipinski definition) is 5. The summed E-state index contributed by atoms with van der Waals surface area (Å²) in [7, 11) is 0.308. The van der Waals surface area contributed by atoms with Crippen molar-refractivity contribution < 1.29 is 14.6 Å². The Balaban J connectivity index is 1.38. The van der Waals surface area contributed by atoms with Crippen LogP contribution < -0.4 is 10.1 Å². The molecule has 1 N–H and O–H groups in total. The fourth-order valence-corrected chi connectivity index (χ4v) is 9.87. The Kier molecular flexibility index (Phi) is 5.64. The van der Waals surface area contributed by atoms with Gasteiger partial charge in [-0.3, -0.25) is 0 Å². The van der Waals surface area contributed by atoms with Gasteiger partial charge >= 0.3 is 6.09 Å². The van der Waals surface area contributed by atoms with E-state index in [-0.39, 0.29) is 12.0 Å². The smallest absolute Gasteiger partial charge is 0.410 e. The Hall–Kier alpha value is -2.25. The fourth-order valence-electron chi connectivity index (χ4n) is 6.20. The lowest BCUT2D eigenvalue weighted by molar-refractivity contribution is 0.0240. The monoisotopic (exact) mass is 481 g/mol. The minimum Gasteiger partial charge on any atom is -0.444 e. The molecule has 184 valence electrons. The summed E-state index contributed by atoms with van der Waals surface area (Å²) >= 11 is 0. The number of carbonyl (C=O) groups excluding carboxylic acids is 1. The summed E-state index contributed by atoms with van der Waals surface area (Å²) in [6.07, 6.45) is 5.28. The molecule has 0 aromatic heterocycles. The number of piperazine rings is 1. The SMILES string of the molecule is CN1CCC2=CC3C(O)c4ccc(N5CCN(C(=O)OC(C)(C)C)CC5)cc4[Si](C)(C)C3C=C21. The third kappa shape index (κ3) is 3.96. The molecule has 34 heavy (non-hydrogen) atoms. The molecule has 0 bridgehead atoms. The topological polar surface area (TPSA) is 56.2 Å². The molecule has 4 aliphatic rings. The van der Waals surface area contributed by atoms with Crippen LogP contribution in [0.5, 0.6) is 0 Å². The van der Waals surface area contributed by atoms with Crippen molar-refractivity contribution in [3.63, 3.8) is 0 Å². The number of allylic oxidation sites excluding steroid dienone is 2. The van der Waals surface area contributed by atoms with Gasteiger partial charge in [-0.15, -0.1) is 0 Å². The molecule has 1 aliphatic carbocycles. The second-order valence-electron chi connectivity index (χ2n) is 11.9. The highest BCUT2D eigenvalue weighted by atomic mass is 28.3. The van der Waals surface area contributed by atoms with E-state index in [1.807, 2.05) is 25.7 Å². The summed E-state index contributed by atoms with van der Waals surface area (Å²) in [6.45, 7) is 14.6. The van der Waals surface area contributed by atoms with E-state index < -0.39 is 19.8 Å². The number of anilines is 1. The maximum Gasteiger partial charge on any atom is 0.410 e. The Bertz CT molecular complexity index is 1050. The number of fused-ring (bicyclic) bond motifs is 3. The molecular weight excluding hydrogens is 442 g/mol. The van der Waals surface area contributed by atoms with Crippen LogP contribution in [0.15, 0.2) is 41.6 Å². The van der Waals surface area contributed by atoms with Crippen LogP contribution in [0.3, 0.4) is 0 Å². The van der Waals surface area contributed by atoms with E-state index in [0.29, 0.717) is 18.6 Å². The Morgan fingerprint density at radius 2 is 1.79 bits per heavy atom. The van der Waals surface area contributed by atoms with Gasteiger partial charge in [0.15, 0.2) is 0 Å². The Morgan fingerprint density at radius 1 is 1.09 bits per heavy atom. The van der Waals surface area contributed by atoms with Crippen molar-refractivity contribution >= 4 is 25.0 Å². The molecule has 6 nitrogen and oxygen atoms in total. The quantitative estimate of drug-likeness (QED) is 0.618. The van der Waals surface area contributed by atoms with Crippen LogP contribution in [0.25, 0.3) is 0 Å². The molecule has 3 unspecified atom stereocenters. The predicted octanol–water partition coefficient (Wildman–Crippen LogP) is 3.85. The third-order valence-corrected chi connectivity index (χ3v) is 12.2. The first-order chi connectivity index (χ1) is 16.0. The van der Waals surface area contributed by atoms with Crippen LogP contribution in [0, 0.1) is 5.92 Å². The molecular formula is C27H39N3O3Si. The number of ether oxygens (including phenoxy) is 1. The zero-order valence-electron chi connectivity index (χ0n) is 21.5. The van der Waals surface area contributed by atoms with E-state index in [9.17, 15) is 9.90 Å². The van der Waals surface area contributed by atoms with Crippen molar-refractivity contribution in [1.29, 1.82) is 0 Å². The molecule has 3 atom stereocenters. The van der Waals surface area contributed by atoms with E-state index in [0.717, 1.165) is 31.6 Å². The predicted molar refractivity (Wildman–Crippen MR) is 139 cm³/mol. The highest BCUT2D eigenvalue weighted by molar-refractivity contribution is 6.92. The normalized spacial score (nSPS) is 28.0. The number of hydrogen-bond donors (Lipinski definition) is 1. The summed E-state index contributed by atoms with van der Waals surface area (Å²) in [5.74, 6) is 0.183. The lowest BCUT2D eigenvalue weighted by Gasteiger charge is -2.47. The van der Waals surface area contributed by atoms with Crippen molar-refractivity contribution in [2.75, 3.05) is 44.7 Å². The van der Waals surface area contributed by atoms with Crippen molar-refractivity contribution in [2.45, 2.75) is 57.5 Å². The molecule has 1 aromatic carbocycles. The molecule has 7 heteroatoms. The highest BCUT2D eigenvalue weighted by Gasteiger charge is 2.49. The number of amides is 1. The summed E-state index contributed by atoms with van der Waals surface area (Å²) in [4.78, 5) is 19.0. The van der Waals surface area contributed by atoms with Crippen LogP contribution in [0.2, 0.25) is 18.6 Å². The summed E-state index contributed by atoms with van der Waals surface area (Å²) in [5, 5.41) is 12.8. The molecule has 1 aromatic rings. The number of nitrogens with zero attached hydrogens (tertiary/aromatic N) is 3. The van der Waals surface area contributed by atoms with Crippen molar-refractivity contribution in [3.05, 3.63) is 47.2 Å². The van der Waals surface area contributed by atoms with E-state index in [2.05, 4.69) is 60.3 Å². The van der Waals surface area contributed by atoms with Gasteiger partial charge in [-0.1, -0.05) is 36.5 Å². The van der Waals surface area contributed by atoms with Gasteiger partial charge in [-0.25, -0.2) is 4.79 Å². The van der Waals surface area contributed by atoms with Crippen LogP contribution in [-0.4, -0.2) is 74.4 Å². The van der Waals surface area contributed by atoms with Gasteiger partial charge in [0, 0.05) is 57.1 Å². The summed E-state index contributed by atoms with van der Waals surface area (Å²) in [5.41, 5.74) is 5.04. The first kappa shape index (κ1) is 23.5. The van der Waals surface area contributed by atoms with Gasteiger partial charge in [-0.2, -0.15) is 0 Å². The molecule has 2 fully saturated rings. The summed E-state index contributed by atoms with van der Waals surface area (Å²) < 4.78 is 5.55. The van der Waals surface area contributed by atoms with Crippen LogP contribution in [0.1, 0.15) is 38.9 Å². The van der Waals surface area contributed by atoms with E-state index in [1.54, 1.807) is 0 Å². The number of aliphatic hydroxyl groups excluding tert-OH is 1. The molecule has 5 rings (SSSR count). The number of likely N-dealkylation sites (N-methyl/N-ethyl adjacent to an activating group) is 1. The van der Waals surface area contributed by atoms with Gasteiger partial charge in [-0.05, 0) is 56.0 Å². The van der Waals surface area contributed by atoms with Gasteiger partial charge < -0.3 is 24.5 Å². The van der Waals surface area contributed by atoms with E-state index in [4.69, 9.17) is 4.74 Å². The lowest BCUT2D eigenvalue weighted by Crippen LogP contribution is -2.55. The minimum atomic E-state index is -1.88. The fraction of sp³-hybridized carbons (Fsp3) is 0.593. The highest BCUT2D eigenvalue weighted by Crippen LogP contribution is 2.50. The van der Waals surface area contributed by atoms with Crippen molar-refractivity contribution in [1.82, 2.24) is 9.80 Å². The van der Waals surface area contributed by atoms with Crippen LogP contribution in [-0.2, 0) is 4.74 Å². The maximum absolute atomic E-state index is 12.5. The van der Waals surface area contributed by atoms with Crippen molar-refractivity contribution in [3.8, 4) is 0 Å². The number of carbonyl (C=O) groups is 1. The zero-order chi connectivity index (χ0) is 24.4.